The molecule has 3 aromatic carbocycles. The van der Waals surface area contributed by atoms with Crippen molar-refractivity contribution in [2.45, 2.75) is 34.7 Å². The van der Waals surface area contributed by atoms with E-state index in [-0.39, 0.29) is 34.6 Å². The molecule has 4 atom stereocenters. The number of alkyl halides is 2. The zero-order valence-corrected chi connectivity index (χ0v) is 26.4. The number of halogens is 4. The summed E-state index contributed by atoms with van der Waals surface area (Å²) in [6.07, 6.45) is 1.38. The highest BCUT2D eigenvalue weighted by atomic mass is 79.9. The van der Waals surface area contributed by atoms with E-state index in [1.807, 2.05) is 0 Å². The van der Waals surface area contributed by atoms with E-state index in [9.17, 15) is 28.7 Å². The largest absolute Gasteiger partial charge is 0.503 e. The average molecular weight is 716 g/mol. The number of nitrogens with zero attached hydrogens (tertiary/aromatic N) is 4. The van der Waals surface area contributed by atoms with Crippen LogP contribution in [0.5, 0.6) is 11.5 Å². The van der Waals surface area contributed by atoms with Crippen molar-refractivity contribution in [3.05, 3.63) is 115 Å². The molecule has 1 aliphatic carbocycles. The number of fused-ring (bicyclic) bond motifs is 4. The molecule has 2 amide bonds. The van der Waals surface area contributed by atoms with Crippen molar-refractivity contribution in [1.82, 2.24) is 13.9 Å². The number of carbonyl (C=O) groups is 2. The van der Waals surface area contributed by atoms with Crippen molar-refractivity contribution in [3.8, 4) is 17.2 Å². The van der Waals surface area contributed by atoms with E-state index in [0.717, 1.165) is 21.6 Å². The first-order valence-corrected chi connectivity index (χ1v) is 15.3. The molecule has 3 heterocycles. The number of hydrogen-bond acceptors (Lipinski definition) is 6. The summed E-state index contributed by atoms with van der Waals surface area (Å²) < 4.78 is 23.0. The highest BCUT2D eigenvalue weighted by Gasteiger charge is 2.75. The van der Waals surface area contributed by atoms with E-state index in [2.05, 4.69) is 15.9 Å². The van der Waals surface area contributed by atoms with Gasteiger partial charge >= 0.3 is 11.4 Å². The molecule has 0 bridgehead atoms. The smallest absolute Gasteiger partial charge is 0.352 e. The van der Waals surface area contributed by atoms with Crippen LogP contribution in [0, 0.1) is 5.82 Å². The predicted octanol–water partition coefficient (Wildman–Crippen LogP) is 4.61. The Kier molecular flexibility index (Phi) is 6.70. The van der Waals surface area contributed by atoms with Crippen LogP contribution >= 0.6 is 39.1 Å². The molecule has 1 saturated heterocycles. The third-order valence-corrected chi connectivity index (χ3v) is 10.8. The Morgan fingerprint density at radius 3 is 2.31 bits per heavy atom. The number of imide groups is 1. The van der Waals surface area contributed by atoms with Gasteiger partial charge in [0, 0.05) is 12.3 Å². The number of para-hydroxylation sites is 1. The lowest BCUT2D eigenvalue weighted by Gasteiger charge is -2.49. The van der Waals surface area contributed by atoms with Gasteiger partial charge in [0.05, 0.1) is 35.5 Å². The number of phenols is 1. The summed E-state index contributed by atoms with van der Waals surface area (Å²) >= 11 is 18.0. The van der Waals surface area contributed by atoms with Crippen LogP contribution in [-0.2, 0) is 16.1 Å². The molecule has 4 aromatic rings. The first-order chi connectivity index (χ1) is 21.4. The van der Waals surface area contributed by atoms with Gasteiger partial charge in [-0.15, -0.1) is 23.2 Å². The Morgan fingerprint density at radius 1 is 0.956 bits per heavy atom. The van der Waals surface area contributed by atoms with Gasteiger partial charge in [0.2, 0.25) is 0 Å². The number of phenolic OH excluding ortho intramolecular Hbond substituents is 1. The van der Waals surface area contributed by atoms with Crippen LogP contribution in [0.25, 0.3) is 5.69 Å². The van der Waals surface area contributed by atoms with Gasteiger partial charge in [-0.25, -0.2) is 32.8 Å². The fourth-order valence-corrected chi connectivity index (χ4v) is 8.12. The molecule has 4 unspecified atom stereocenters. The van der Waals surface area contributed by atoms with Crippen LogP contribution in [0.2, 0.25) is 0 Å². The molecule has 0 spiro atoms. The molecule has 3 aliphatic rings. The molecule has 0 radical (unpaired) electrons. The molecule has 1 saturated carbocycles. The molecule has 230 valence electrons. The lowest BCUT2D eigenvalue weighted by Crippen LogP contribution is -2.59. The Bertz CT molecular complexity index is 2080. The number of methoxy groups -OCH3 is 1. The fourth-order valence-electron chi connectivity index (χ4n) is 6.75. The van der Waals surface area contributed by atoms with Crippen LogP contribution in [0.4, 0.5) is 10.1 Å². The third-order valence-electron chi connectivity index (χ3n) is 8.78. The summed E-state index contributed by atoms with van der Waals surface area (Å²) in [5, 5.41) is 10.6. The van der Waals surface area contributed by atoms with Gasteiger partial charge in [-0.3, -0.25) is 9.59 Å². The minimum absolute atomic E-state index is 0.0430. The highest BCUT2D eigenvalue weighted by Crippen LogP contribution is 2.64. The van der Waals surface area contributed by atoms with E-state index in [1.54, 1.807) is 36.4 Å². The quantitative estimate of drug-likeness (QED) is 0.188. The number of allylic oxidation sites excluding steroid dienone is 2. The van der Waals surface area contributed by atoms with Crippen LogP contribution in [-0.4, -0.2) is 47.7 Å². The van der Waals surface area contributed by atoms with Gasteiger partial charge in [-0.1, -0.05) is 24.3 Å². The molecule has 10 nitrogen and oxygen atoms in total. The Hall–Kier alpha value is -4.13. The van der Waals surface area contributed by atoms with Crippen LogP contribution in [0.1, 0.15) is 23.9 Å². The first-order valence-electron chi connectivity index (χ1n) is 13.7. The number of aromatic nitrogens is 3. The van der Waals surface area contributed by atoms with Crippen molar-refractivity contribution in [2.24, 2.45) is 0 Å². The van der Waals surface area contributed by atoms with Crippen molar-refractivity contribution in [3.63, 3.8) is 0 Å². The second-order valence-corrected chi connectivity index (χ2v) is 13.1. The maximum absolute atomic E-state index is 14.4. The summed E-state index contributed by atoms with van der Waals surface area (Å²) in [6, 6.07) is 15.2. The van der Waals surface area contributed by atoms with Crippen LogP contribution in [0.3, 0.4) is 0 Å². The second-order valence-electron chi connectivity index (χ2n) is 11.0. The predicted molar refractivity (Wildman–Crippen MR) is 167 cm³/mol. The monoisotopic (exact) mass is 714 g/mol. The Morgan fingerprint density at radius 2 is 1.64 bits per heavy atom. The van der Waals surface area contributed by atoms with Crippen molar-refractivity contribution < 1.29 is 23.8 Å². The lowest BCUT2D eigenvalue weighted by atomic mass is 9.64. The summed E-state index contributed by atoms with van der Waals surface area (Å²) in [6.45, 7) is -0.0430. The SMILES string of the molecule is COc1cc(C2C3=CCn4c(=O)n(-c5ccccc5)c(=O)n4C3CC3(Cl)C(=O)N(c4ccc(F)cc4)C(=O)C23Cl)cc(Br)c1O. The maximum atomic E-state index is 14.4. The summed E-state index contributed by atoms with van der Waals surface area (Å²) in [7, 11) is 1.35. The minimum Gasteiger partial charge on any atom is -0.503 e. The molecule has 1 aromatic heterocycles. The summed E-state index contributed by atoms with van der Waals surface area (Å²) in [5.74, 6) is -3.60. The van der Waals surface area contributed by atoms with Crippen LogP contribution in [0.15, 0.2) is 92.4 Å². The van der Waals surface area contributed by atoms with Crippen molar-refractivity contribution in [2.75, 3.05) is 12.0 Å². The Balaban J connectivity index is 1.49. The maximum Gasteiger partial charge on any atom is 0.352 e. The van der Waals surface area contributed by atoms with E-state index >= 15 is 0 Å². The van der Waals surface area contributed by atoms with E-state index in [4.69, 9.17) is 27.9 Å². The summed E-state index contributed by atoms with van der Waals surface area (Å²) in [5.41, 5.74) is -0.0359. The molecule has 1 N–H and O–H groups in total. The molecule has 7 rings (SSSR count). The third kappa shape index (κ3) is 3.91. The molecule has 45 heavy (non-hydrogen) atoms. The second kappa shape index (κ2) is 10.2. The number of benzene rings is 3. The molecular formula is C31H22BrCl2FN4O6. The number of rotatable bonds is 4. The average Bonchev–Trinajstić information content (AvgIpc) is 3.37. The number of aromatic hydroxyl groups is 1. The highest BCUT2D eigenvalue weighted by molar-refractivity contribution is 9.10. The van der Waals surface area contributed by atoms with E-state index in [1.165, 1.54) is 40.7 Å². The van der Waals surface area contributed by atoms with Gasteiger partial charge in [-0.05, 0) is 75.6 Å². The zero-order valence-electron chi connectivity index (χ0n) is 23.3. The number of hydrogen-bond donors (Lipinski definition) is 1. The van der Waals surface area contributed by atoms with E-state index in [0.29, 0.717) is 16.8 Å². The number of ether oxygens (including phenoxy) is 1. The fraction of sp³-hybridized carbons (Fsp3) is 0.226. The molecular weight excluding hydrogens is 694 g/mol. The van der Waals surface area contributed by atoms with Gasteiger partial charge in [0.25, 0.3) is 11.8 Å². The molecule has 14 heteroatoms. The van der Waals surface area contributed by atoms with Gasteiger partial charge in [0.15, 0.2) is 21.2 Å². The van der Waals surface area contributed by atoms with Gasteiger partial charge < -0.3 is 9.84 Å². The lowest BCUT2D eigenvalue weighted by molar-refractivity contribution is -0.122. The van der Waals surface area contributed by atoms with Gasteiger partial charge in [0.1, 0.15) is 5.82 Å². The first kappa shape index (κ1) is 29.6. The number of anilines is 1. The van der Waals surface area contributed by atoms with Gasteiger partial charge in [-0.2, -0.15) is 0 Å². The zero-order chi connectivity index (χ0) is 32.0. The molecule has 2 fully saturated rings. The summed E-state index contributed by atoms with van der Waals surface area (Å²) in [4.78, 5) is 52.9. The van der Waals surface area contributed by atoms with Crippen LogP contribution < -0.4 is 21.0 Å². The number of amides is 2. The number of carbonyl (C=O) groups excluding carboxylic acids is 2. The van der Waals surface area contributed by atoms with Crippen molar-refractivity contribution in [1.29, 1.82) is 0 Å². The minimum atomic E-state index is -2.15. The Labute approximate surface area is 272 Å². The van der Waals surface area contributed by atoms with E-state index < -0.39 is 50.7 Å². The van der Waals surface area contributed by atoms with Crippen molar-refractivity contribution >= 4 is 56.6 Å². The normalized spacial score (nSPS) is 25.4. The molecule has 2 aliphatic heterocycles. The topological polar surface area (TPSA) is 116 Å². The standard InChI is InChI=1S/C31H22BrCl2FN4O6/c1-45-23-14-16(13-21(32)25(23)40)24-20-11-12-36-28(43)38(18-5-3-2-4-6-18)29(44)39(36)22(20)15-30(33)26(41)37(27(42)31(24,30)34)19-9-7-17(35)8-10-19/h2-11,13-14,22,24,40H,12,15H2,1H3.